The summed E-state index contributed by atoms with van der Waals surface area (Å²) in [5, 5.41) is 15.0. The molecule has 0 saturated heterocycles. The van der Waals surface area contributed by atoms with Gasteiger partial charge in [-0.25, -0.2) is 9.71 Å². The normalized spacial score (nSPS) is 20.3. The molecule has 5 N–H and O–H groups in total. The number of rotatable bonds is 6. The van der Waals surface area contributed by atoms with Gasteiger partial charge in [-0.15, -0.1) is 0 Å². The van der Waals surface area contributed by atoms with Crippen LogP contribution in [0.5, 0.6) is 0 Å². The molecular weight excluding hydrogens is 275 g/mol. The zero-order chi connectivity index (χ0) is 16.0. The van der Waals surface area contributed by atoms with Crippen molar-refractivity contribution in [2.45, 2.75) is 25.8 Å². The van der Waals surface area contributed by atoms with Crippen LogP contribution in [0.4, 0.5) is 4.39 Å². The van der Waals surface area contributed by atoms with Gasteiger partial charge in [-0.1, -0.05) is 18.2 Å². The number of nitrogens with zero attached hydrogens (tertiary/aromatic N) is 1. The summed E-state index contributed by atoms with van der Waals surface area (Å²) in [6, 6.07) is -0.0765. The molecule has 1 unspecified atom stereocenters. The highest BCUT2D eigenvalue weighted by atomic mass is 19.1. The number of amides is 1. The van der Waals surface area contributed by atoms with Gasteiger partial charge in [0.1, 0.15) is 24.6 Å². The SMILES string of the molecule is C=C/C(F)=C1/C(C(=O)NC(CC)CCN)=CN/C1=[N+](/C)O. The molecule has 1 rings (SSSR count). The number of hydroxylamine groups is 1. The van der Waals surface area contributed by atoms with Gasteiger partial charge in [-0.3, -0.25) is 4.79 Å². The molecule has 1 atom stereocenters. The van der Waals surface area contributed by atoms with Crippen molar-refractivity contribution in [2.75, 3.05) is 13.6 Å². The number of nitrogens with one attached hydrogen (secondary N) is 2. The molecule has 7 heteroatoms. The Morgan fingerprint density at radius 2 is 2.38 bits per heavy atom. The van der Waals surface area contributed by atoms with Gasteiger partial charge in [0.05, 0.1) is 5.57 Å². The van der Waals surface area contributed by atoms with E-state index in [1.807, 2.05) is 6.92 Å². The van der Waals surface area contributed by atoms with Gasteiger partial charge >= 0.3 is 5.84 Å². The summed E-state index contributed by atoms with van der Waals surface area (Å²) in [7, 11) is 1.33. The maximum Gasteiger partial charge on any atom is 0.324 e. The van der Waals surface area contributed by atoms with Gasteiger partial charge in [0.2, 0.25) is 0 Å². The summed E-state index contributed by atoms with van der Waals surface area (Å²) >= 11 is 0. The Morgan fingerprint density at radius 3 is 2.86 bits per heavy atom. The molecule has 0 spiro atoms. The van der Waals surface area contributed by atoms with Crippen molar-refractivity contribution < 1.29 is 19.1 Å². The number of nitrogens with two attached hydrogens (primary N) is 1. The number of allylic oxidation sites excluding steroid dienone is 2. The molecule has 21 heavy (non-hydrogen) atoms. The van der Waals surface area contributed by atoms with Gasteiger partial charge < -0.3 is 16.3 Å². The highest BCUT2D eigenvalue weighted by Crippen LogP contribution is 2.22. The summed E-state index contributed by atoms with van der Waals surface area (Å²) < 4.78 is 14.7. The van der Waals surface area contributed by atoms with E-state index in [0.29, 0.717) is 17.7 Å². The fraction of sp³-hybridized carbons (Fsp3) is 0.429. The molecule has 0 aliphatic carbocycles. The maximum absolute atomic E-state index is 13.9. The summed E-state index contributed by atoms with van der Waals surface area (Å²) in [5.41, 5.74) is 5.58. The smallest absolute Gasteiger partial charge is 0.324 e. The zero-order valence-corrected chi connectivity index (χ0v) is 12.3. The van der Waals surface area contributed by atoms with Crippen molar-refractivity contribution in [3.63, 3.8) is 0 Å². The molecule has 0 bridgehead atoms. The van der Waals surface area contributed by atoms with E-state index >= 15 is 0 Å². The van der Waals surface area contributed by atoms with Crippen LogP contribution in [0, 0.1) is 0 Å². The zero-order valence-electron chi connectivity index (χ0n) is 12.3. The van der Waals surface area contributed by atoms with E-state index in [9.17, 15) is 14.4 Å². The number of amidine groups is 1. The molecule has 116 valence electrons. The van der Waals surface area contributed by atoms with E-state index in [2.05, 4.69) is 17.2 Å². The summed E-state index contributed by atoms with van der Waals surface area (Å²) in [5.74, 6) is -1.03. The molecule has 6 nitrogen and oxygen atoms in total. The van der Waals surface area contributed by atoms with Crippen molar-refractivity contribution in [1.82, 2.24) is 10.6 Å². The van der Waals surface area contributed by atoms with Crippen molar-refractivity contribution in [1.29, 1.82) is 0 Å². The van der Waals surface area contributed by atoms with Gasteiger partial charge in [-0.2, -0.15) is 0 Å². The standard InChI is InChI=1S/C14H21FN4O2/c1-4-9(6-7-16)18-14(20)10-8-17-13(19(3)21)12(10)11(15)5-2/h5,8-9,21H,2,4,6-7,16H2,1,3H3,(H,18,20)/p+1/b12-11+. The Kier molecular flexibility index (Phi) is 6.10. The van der Waals surface area contributed by atoms with Gasteiger partial charge in [-0.05, 0) is 25.5 Å². The fourth-order valence-electron chi connectivity index (χ4n) is 2.03. The molecule has 0 aromatic carbocycles. The minimum Gasteiger partial charge on any atom is -0.355 e. The molecule has 0 aromatic heterocycles. The molecule has 1 amide bonds. The van der Waals surface area contributed by atoms with E-state index in [-0.39, 0.29) is 23.0 Å². The highest BCUT2D eigenvalue weighted by molar-refractivity contribution is 6.15. The number of hydrogen-bond donors (Lipinski definition) is 4. The van der Waals surface area contributed by atoms with E-state index in [1.165, 1.54) is 13.2 Å². The predicted octanol–water partition coefficient (Wildman–Crippen LogP) is 0.557. The number of halogens is 1. The average molecular weight is 297 g/mol. The van der Waals surface area contributed by atoms with Crippen molar-refractivity contribution in [3.8, 4) is 0 Å². The quantitative estimate of drug-likeness (QED) is 0.327. The van der Waals surface area contributed by atoms with Crippen LogP contribution in [-0.2, 0) is 4.79 Å². The Hall–Kier alpha value is -2.15. The monoisotopic (exact) mass is 297 g/mol. The summed E-state index contributed by atoms with van der Waals surface area (Å²) in [4.78, 5) is 12.3. The van der Waals surface area contributed by atoms with Crippen molar-refractivity contribution >= 4 is 11.7 Å². The first kappa shape index (κ1) is 16.9. The average Bonchev–Trinajstić information content (AvgIpc) is 2.90. The Balaban J connectivity index is 3.04. The first-order chi connectivity index (χ1) is 9.96. The summed E-state index contributed by atoms with van der Waals surface area (Å²) in [6.45, 7) is 5.74. The number of carbonyl (C=O) groups excluding carboxylic acids is 1. The van der Waals surface area contributed by atoms with Crippen LogP contribution >= 0.6 is 0 Å². The molecule has 1 aliphatic rings. The van der Waals surface area contributed by atoms with E-state index < -0.39 is 11.7 Å². The van der Waals surface area contributed by atoms with Crippen LogP contribution in [0.3, 0.4) is 0 Å². The van der Waals surface area contributed by atoms with Crippen LogP contribution < -0.4 is 16.4 Å². The van der Waals surface area contributed by atoms with E-state index in [0.717, 1.165) is 12.5 Å². The molecule has 1 aliphatic heterocycles. The third kappa shape index (κ3) is 3.91. The lowest BCUT2D eigenvalue weighted by Gasteiger charge is -2.16. The lowest BCUT2D eigenvalue weighted by Crippen LogP contribution is -2.37. The Bertz CT molecular complexity index is 519. The van der Waals surface area contributed by atoms with Gasteiger partial charge in [0.25, 0.3) is 5.91 Å². The van der Waals surface area contributed by atoms with Crippen LogP contribution in [0.15, 0.2) is 35.8 Å². The first-order valence-corrected chi connectivity index (χ1v) is 6.76. The third-order valence-electron chi connectivity index (χ3n) is 3.19. The van der Waals surface area contributed by atoms with Crippen molar-refractivity contribution in [3.05, 3.63) is 35.8 Å². The van der Waals surface area contributed by atoms with Gasteiger partial charge in [0, 0.05) is 6.04 Å². The molecule has 0 aromatic rings. The van der Waals surface area contributed by atoms with Crippen LogP contribution in [-0.4, -0.2) is 41.3 Å². The molecule has 0 saturated carbocycles. The molecule has 1 heterocycles. The molecular formula is C14H22FN4O2+. The summed E-state index contributed by atoms with van der Waals surface area (Å²) in [6.07, 6.45) is 3.71. The minimum atomic E-state index is -0.691. The Morgan fingerprint density at radius 1 is 1.71 bits per heavy atom. The second-order valence-corrected chi connectivity index (χ2v) is 4.66. The largest absolute Gasteiger partial charge is 0.355 e. The maximum atomic E-state index is 13.9. The Labute approximate surface area is 123 Å². The van der Waals surface area contributed by atoms with Crippen LogP contribution in [0.25, 0.3) is 0 Å². The van der Waals surface area contributed by atoms with Gasteiger partial charge in [0.15, 0.2) is 0 Å². The third-order valence-corrected chi connectivity index (χ3v) is 3.19. The minimum absolute atomic E-state index is 0.0184. The van der Waals surface area contributed by atoms with E-state index in [1.54, 1.807) is 0 Å². The second kappa shape index (κ2) is 7.58. The number of carbonyl (C=O) groups is 1. The fourth-order valence-corrected chi connectivity index (χ4v) is 2.03. The van der Waals surface area contributed by atoms with Crippen LogP contribution in [0.2, 0.25) is 0 Å². The first-order valence-electron chi connectivity index (χ1n) is 6.76. The van der Waals surface area contributed by atoms with Crippen molar-refractivity contribution in [2.24, 2.45) is 5.73 Å². The molecule has 0 radical (unpaired) electrons. The van der Waals surface area contributed by atoms with E-state index in [4.69, 9.17) is 5.73 Å². The second-order valence-electron chi connectivity index (χ2n) is 4.66. The lowest BCUT2D eigenvalue weighted by atomic mass is 10.0. The number of hydrogen-bond acceptors (Lipinski definition) is 3. The lowest BCUT2D eigenvalue weighted by molar-refractivity contribution is -0.755. The highest BCUT2D eigenvalue weighted by Gasteiger charge is 2.35. The predicted molar refractivity (Wildman–Crippen MR) is 78.4 cm³/mol. The topological polar surface area (TPSA) is 90.4 Å². The van der Waals surface area contributed by atoms with Crippen LogP contribution in [0.1, 0.15) is 19.8 Å². The molecule has 0 fully saturated rings.